The Kier molecular flexibility index (Phi) is 9.01. The molecule has 1 aromatic carbocycles. The summed E-state index contributed by atoms with van der Waals surface area (Å²) in [6.07, 6.45) is 0. The minimum absolute atomic E-state index is 0. The number of fused-ring (bicyclic) bond motifs is 2. The molecular weight excluding hydrogens is 600 g/mol. The summed E-state index contributed by atoms with van der Waals surface area (Å²) in [7, 11) is -9.30. The standard InChI is InChI=1S/C19H20BIN2O6S2.2Na/c1-9-16-15(13-5-7-14(21)8-6-13)17-10(2)19(31(27,28)29)12(4)23(17)20-22(16)11(3)18(9)30(24,25)26;;/h5-8,11,20H,1-4H3,(H,24,25,26)(H,27,28,29);;/q;2*+1/p-2. The molecule has 164 valence electrons. The number of aromatic nitrogens is 1. The molecule has 0 amide bonds. The monoisotopic (exact) mass is 618 g/mol. The van der Waals surface area contributed by atoms with Crippen LogP contribution in [0.5, 0.6) is 0 Å². The van der Waals surface area contributed by atoms with E-state index in [1.54, 1.807) is 37.0 Å². The third-order valence-electron chi connectivity index (χ3n) is 5.98. The molecule has 0 aliphatic carbocycles. The van der Waals surface area contributed by atoms with E-state index in [0.717, 1.165) is 9.13 Å². The van der Waals surface area contributed by atoms with Gasteiger partial charge in [0, 0.05) is 26.2 Å². The summed E-state index contributed by atoms with van der Waals surface area (Å²) in [5.41, 5.74) is 3.36. The average molecular weight is 618 g/mol. The molecule has 0 saturated heterocycles. The Balaban J connectivity index is 0.00000193. The van der Waals surface area contributed by atoms with E-state index in [-0.39, 0.29) is 82.2 Å². The van der Waals surface area contributed by atoms with Crippen LogP contribution in [0, 0.1) is 17.4 Å². The number of hydrogen-bond acceptors (Lipinski definition) is 7. The molecule has 14 heteroatoms. The molecule has 3 heterocycles. The predicted octanol–water partition coefficient (Wildman–Crippen LogP) is -3.97. The third kappa shape index (κ3) is 4.87. The number of allylic oxidation sites excluding steroid dienone is 1. The fourth-order valence-electron chi connectivity index (χ4n) is 4.80. The van der Waals surface area contributed by atoms with Crippen LogP contribution in [0.4, 0.5) is 0 Å². The van der Waals surface area contributed by atoms with Crippen molar-refractivity contribution in [1.29, 1.82) is 0 Å². The summed E-state index contributed by atoms with van der Waals surface area (Å²) in [6.45, 7) is 6.36. The Bertz CT molecular complexity index is 1420. The molecule has 0 N–H and O–H groups in total. The van der Waals surface area contributed by atoms with Crippen molar-refractivity contribution in [2.45, 2.75) is 38.6 Å². The van der Waals surface area contributed by atoms with Gasteiger partial charge in [-0.25, -0.2) is 16.8 Å². The first-order valence-electron chi connectivity index (χ1n) is 9.35. The molecule has 0 saturated carbocycles. The van der Waals surface area contributed by atoms with Crippen molar-refractivity contribution in [2.75, 3.05) is 0 Å². The average Bonchev–Trinajstić information content (AvgIpc) is 3.05. The molecule has 2 aliphatic heterocycles. The van der Waals surface area contributed by atoms with Gasteiger partial charge in [-0.05, 0) is 79.1 Å². The van der Waals surface area contributed by atoms with Crippen molar-refractivity contribution in [3.8, 4) is 0 Å². The molecular formula is C19H18BIN2Na2O6S2. The Hall–Kier alpha value is 0.395. The maximum Gasteiger partial charge on any atom is 1.00 e. The normalized spacial score (nSPS) is 17.8. The quantitative estimate of drug-likeness (QED) is 0.196. The van der Waals surface area contributed by atoms with E-state index >= 15 is 0 Å². The minimum atomic E-state index is -4.73. The fourth-order valence-corrected chi connectivity index (χ4v) is 7.11. The predicted molar refractivity (Wildman–Crippen MR) is 123 cm³/mol. The first kappa shape index (κ1) is 29.6. The van der Waals surface area contributed by atoms with Gasteiger partial charge in [0.05, 0.1) is 15.8 Å². The number of rotatable bonds is 3. The molecule has 0 bridgehead atoms. The first-order valence-corrected chi connectivity index (χ1v) is 13.2. The minimum Gasteiger partial charge on any atom is -0.744 e. The van der Waals surface area contributed by atoms with Gasteiger partial charge in [0.15, 0.2) is 0 Å². The molecule has 4 rings (SSSR count). The van der Waals surface area contributed by atoms with E-state index in [9.17, 15) is 25.9 Å². The number of benzene rings is 1. The summed E-state index contributed by atoms with van der Waals surface area (Å²) in [6, 6.07) is 6.75. The van der Waals surface area contributed by atoms with Crippen LogP contribution >= 0.6 is 22.6 Å². The van der Waals surface area contributed by atoms with Gasteiger partial charge in [-0.15, -0.1) is 0 Å². The van der Waals surface area contributed by atoms with E-state index in [4.69, 9.17) is 0 Å². The zero-order chi connectivity index (χ0) is 23.0. The maximum atomic E-state index is 12.0. The van der Waals surface area contributed by atoms with Crippen molar-refractivity contribution in [1.82, 2.24) is 9.29 Å². The van der Waals surface area contributed by atoms with Gasteiger partial charge < -0.3 is 18.4 Å². The molecule has 2 aromatic rings. The number of nitrogens with zero attached hydrogens (tertiary/aromatic N) is 2. The van der Waals surface area contributed by atoms with E-state index in [0.29, 0.717) is 28.1 Å². The van der Waals surface area contributed by atoms with E-state index < -0.39 is 26.3 Å². The molecule has 0 fully saturated rings. The summed E-state index contributed by atoms with van der Waals surface area (Å²) in [5.74, 6) is 0. The molecule has 1 atom stereocenters. The Morgan fingerprint density at radius 3 is 2.00 bits per heavy atom. The maximum absolute atomic E-state index is 12.0. The largest absolute Gasteiger partial charge is 1.00 e. The molecule has 0 radical (unpaired) electrons. The Morgan fingerprint density at radius 1 is 0.970 bits per heavy atom. The van der Waals surface area contributed by atoms with Crippen LogP contribution in [0.25, 0.3) is 5.57 Å². The molecule has 33 heavy (non-hydrogen) atoms. The van der Waals surface area contributed by atoms with Crippen molar-refractivity contribution in [3.05, 3.63) is 66.5 Å². The SMILES string of the molecule is CC1=C(S(=O)(=O)[O-])C(C)N2Bn3c(C)c(S(=O)(=O)[O-])c(C)c3C(c3ccc(I)cc3)=C12.[Na+].[Na+]. The van der Waals surface area contributed by atoms with Gasteiger partial charge in [-0.2, -0.15) is 0 Å². The Labute approximate surface area is 252 Å². The van der Waals surface area contributed by atoms with Crippen LogP contribution in [0.3, 0.4) is 0 Å². The second kappa shape index (κ2) is 10.0. The fraction of sp³-hybridized carbons (Fsp3) is 0.263. The zero-order valence-electron chi connectivity index (χ0n) is 19.1. The van der Waals surface area contributed by atoms with Gasteiger partial charge in [-0.3, -0.25) is 0 Å². The van der Waals surface area contributed by atoms with Crippen molar-refractivity contribution >= 4 is 55.9 Å². The van der Waals surface area contributed by atoms with Gasteiger partial charge in [0.2, 0.25) is 0 Å². The van der Waals surface area contributed by atoms with Crippen molar-refractivity contribution in [3.63, 3.8) is 0 Å². The van der Waals surface area contributed by atoms with Gasteiger partial charge in [0.1, 0.15) is 20.2 Å². The second-order valence-corrected chi connectivity index (χ2v) is 11.6. The molecule has 2 aliphatic rings. The van der Waals surface area contributed by atoms with Crippen LogP contribution in [0.2, 0.25) is 0 Å². The summed E-state index contributed by atoms with van der Waals surface area (Å²) in [4.78, 5) is 1.31. The molecule has 1 aromatic heterocycles. The van der Waals surface area contributed by atoms with Crippen molar-refractivity contribution in [2.24, 2.45) is 0 Å². The third-order valence-corrected chi connectivity index (χ3v) is 8.98. The molecule has 1 unspecified atom stereocenters. The molecule has 8 nitrogen and oxygen atoms in total. The van der Waals surface area contributed by atoms with Crippen LogP contribution < -0.4 is 59.1 Å². The van der Waals surface area contributed by atoms with Gasteiger partial charge >= 0.3 is 66.7 Å². The van der Waals surface area contributed by atoms with Gasteiger partial charge in [0.25, 0.3) is 0 Å². The number of halogens is 1. The van der Waals surface area contributed by atoms with Crippen LogP contribution in [-0.4, -0.2) is 48.8 Å². The summed E-state index contributed by atoms with van der Waals surface area (Å²) < 4.78 is 74.8. The summed E-state index contributed by atoms with van der Waals surface area (Å²) >= 11 is 2.16. The second-order valence-electron chi connectivity index (χ2n) is 7.73. The smallest absolute Gasteiger partial charge is 0.744 e. The Morgan fingerprint density at radius 2 is 1.52 bits per heavy atom. The topological polar surface area (TPSA) is 123 Å². The number of hydrogen-bond donors (Lipinski definition) is 0. The van der Waals surface area contributed by atoms with E-state index in [1.165, 1.54) is 0 Å². The van der Waals surface area contributed by atoms with E-state index in [2.05, 4.69) is 22.6 Å². The van der Waals surface area contributed by atoms with E-state index in [1.807, 2.05) is 24.3 Å². The van der Waals surface area contributed by atoms with Gasteiger partial charge in [-0.1, -0.05) is 12.1 Å². The molecule has 0 spiro atoms. The van der Waals surface area contributed by atoms with Crippen LogP contribution in [0.1, 0.15) is 36.4 Å². The van der Waals surface area contributed by atoms with Crippen LogP contribution in [0.15, 0.2) is 45.3 Å². The van der Waals surface area contributed by atoms with Crippen molar-refractivity contribution < 1.29 is 85.1 Å². The zero-order valence-corrected chi connectivity index (χ0v) is 26.9. The van der Waals surface area contributed by atoms with Crippen LogP contribution in [-0.2, 0) is 20.2 Å². The summed E-state index contributed by atoms with van der Waals surface area (Å²) in [5, 5.41) is 0. The first-order chi connectivity index (χ1) is 14.2.